The molecule has 2 aliphatic rings. The van der Waals surface area contributed by atoms with Crippen LogP contribution in [0.3, 0.4) is 0 Å². The quantitative estimate of drug-likeness (QED) is 0.841. The monoisotopic (exact) mass is 321 g/mol. The van der Waals surface area contributed by atoms with E-state index in [1.165, 1.54) is 61.5 Å². The maximum atomic E-state index is 3.94. The first-order valence-electron chi connectivity index (χ1n) is 8.41. The van der Waals surface area contributed by atoms with E-state index in [2.05, 4.69) is 59.2 Å². The van der Waals surface area contributed by atoms with Crippen molar-refractivity contribution in [1.29, 1.82) is 0 Å². The molecular formula is C18H27NS2. The van der Waals surface area contributed by atoms with E-state index in [0.29, 0.717) is 6.04 Å². The van der Waals surface area contributed by atoms with Crippen LogP contribution in [0.1, 0.15) is 43.7 Å². The molecule has 1 saturated carbocycles. The summed E-state index contributed by atoms with van der Waals surface area (Å²) in [7, 11) is 0. The standard InChI is InChI=1S/C18H27NS2/c1-3-7-15(8-4-1)18(16-9-5-2-6-10-16)19-13-17-14-20-11-12-21-17/h1,3-4,7-8,16-19H,2,5-6,9-14H2. The molecule has 3 heteroatoms. The van der Waals surface area contributed by atoms with Crippen molar-refractivity contribution < 1.29 is 0 Å². The Morgan fingerprint density at radius 3 is 2.57 bits per heavy atom. The summed E-state index contributed by atoms with van der Waals surface area (Å²) in [5.74, 6) is 4.83. The second kappa shape index (κ2) is 8.50. The summed E-state index contributed by atoms with van der Waals surface area (Å²) >= 11 is 4.29. The van der Waals surface area contributed by atoms with Crippen molar-refractivity contribution in [1.82, 2.24) is 5.32 Å². The molecule has 2 unspecified atom stereocenters. The maximum Gasteiger partial charge on any atom is 0.0349 e. The predicted molar refractivity (Wildman–Crippen MR) is 97.3 cm³/mol. The van der Waals surface area contributed by atoms with E-state index in [1.54, 1.807) is 0 Å². The number of nitrogens with one attached hydrogen (secondary N) is 1. The summed E-state index contributed by atoms with van der Waals surface area (Å²) in [5.41, 5.74) is 1.50. The topological polar surface area (TPSA) is 12.0 Å². The lowest BCUT2D eigenvalue weighted by atomic mass is 9.81. The van der Waals surface area contributed by atoms with Gasteiger partial charge in [-0.3, -0.25) is 0 Å². The molecule has 1 nitrogen and oxygen atoms in total. The van der Waals surface area contributed by atoms with Gasteiger partial charge in [-0.2, -0.15) is 23.5 Å². The van der Waals surface area contributed by atoms with Crippen LogP contribution in [0.15, 0.2) is 30.3 Å². The lowest BCUT2D eigenvalue weighted by molar-refractivity contribution is 0.272. The van der Waals surface area contributed by atoms with Crippen LogP contribution in [-0.2, 0) is 0 Å². The van der Waals surface area contributed by atoms with E-state index in [0.717, 1.165) is 11.2 Å². The second-order valence-electron chi connectivity index (χ2n) is 6.26. The number of benzene rings is 1. The fraction of sp³-hybridized carbons (Fsp3) is 0.667. The Morgan fingerprint density at radius 2 is 1.86 bits per heavy atom. The molecule has 0 amide bonds. The number of rotatable bonds is 5. The summed E-state index contributed by atoms with van der Waals surface area (Å²) in [6.45, 7) is 1.17. The summed E-state index contributed by atoms with van der Waals surface area (Å²) in [6, 6.07) is 11.7. The lowest BCUT2D eigenvalue weighted by Crippen LogP contribution is -2.36. The van der Waals surface area contributed by atoms with Crippen molar-refractivity contribution >= 4 is 23.5 Å². The van der Waals surface area contributed by atoms with Gasteiger partial charge in [0.25, 0.3) is 0 Å². The molecule has 1 N–H and O–H groups in total. The first-order chi connectivity index (χ1) is 10.4. The van der Waals surface area contributed by atoms with Gasteiger partial charge in [0.2, 0.25) is 0 Å². The van der Waals surface area contributed by atoms with E-state index < -0.39 is 0 Å². The van der Waals surface area contributed by atoms with Gasteiger partial charge >= 0.3 is 0 Å². The van der Waals surface area contributed by atoms with Crippen molar-refractivity contribution in [2.75, 3.05) is 23.8 Å². The minimum absolute atomic E-state index is 0.569. The third kappa shape index (κ3) is 4.67. The van der Waals surface area contributed by atoms with Gasteiger partial charge in [0.05, 0.1) is 0 Å². The third-order valence-corrected chi connectivity index (χ3v) is 7.58. The van der Waals surface area contributed by atoms with E-state index in [9.17, 15) is 0 Å². The minimum Gasteiger partial charge on any atom is -0.309 e. The van der Waals surface area contributed by atoms with Crippen LogP contribution in [0.2, 0.25) is 0 Å². The molecule has 1 heterocycles. The van der Waals surface area contributed by atoms with Gasteiger partial charge < -0.3 is 5.32 Å². The zero-order valence-corrected chi connectivity index (χ0v) is 14.4. The molecule has 1 aliphatic carbocycles. The molecule has 0 aromatic heterocycles. The van der Waals surface area contributed by atoms with Crippen LogP contribution >= 0.6 is 23.5 Å². The zero-order chi connectivity index (χ0) is 14.3. The van der Waals surface area contributed by atoms with Crippen molar-refractivity contribution in [3.63, 3.8) is 0 Å². The molecule has 1 aromatic carbocycles. The van der Waals surface area contributed by atoms with Crippen molar-refractivity contribution in [2.24, 2.45) is 5.92 Å². The van der Waals surface area contributed by atoms with Gasteiger partial charge in [-0.15, -0.1) is 0 Å². The normalized spacial score (nSPS) is 25.6. The molecule has 116 valence electrons. The van der Waals surface area contributed by atoms with E-state index in [1.807, 2.05) is 0 Å². The molecule has 2 fully saturated rings. The Bertz CT molecular complexity index is 397. The third-order valence-electron chi connectivity index (χ3n) is 4.73. The molecule has 1 saturated heterocycles. The number of hydrogen-bond acceptors (Lipinski definition) is 3. The zero-order valence-electron chi connectivity index (χ0n) is 12.8. The molecule has 0 radical (unpaired) electrons. The average molecular weight is 322 g/mol. The summed E-state index contributed by atoms with van der Waals surface area (Å²) < 4.78 is 0. The minimum atomic E-state index is 0.569. The first-order valence-corrected chi connectivity index (χ1v) is 10.6. The van der Waals surface area contributed by atoms with Crippen molar-refractivity contribution in [2.45, 2.75) is 43.4 Å². The van der Waals surface area contributed by atoms with Crippen LogP contribution in [-0.4, -0.2) is 29.1 Å². The molecule has 21 heavy (non-hydrogen) atoms. The Morgan fingerprint density at radius 1 is 1.05 bits per heavy atom. The molecule has 1 aromatic rings. The predicted octanol–water partition coefficient (Wildman–Crippen LogP) is 4.75. The van der Waals surface area contributed by atoms with E-state index in [-0.39, 0.29) is 0 Å². The Kier molecular flexibility index (Phi) is 6.38. The van der Waals surface area contributed by atoms with Gasteiger partial charge in [-0.25, -0.2) is 0 Å². The molecular weight excluding hydrogens is 294 g/mol. The SMILES string of the molecule is c1ccc(C(NCC2CSCCS2)C2CCCCC2)cc1. The maximum absolute atomic E-state index is 3.94. The van der Waals surface area contributed by atoms with Crippen LogP contribution < -0.4 is 5.32 Å². The highest BCUT2D eigenvalue weighted by Crippen LogP contribution is 2.35. The molecule has 0 bridgehead atoms. The van der Waals surface area contributed by atoms with Gasteiger partial charge in [0.1, 0.15) is 0 Å². The Hall–Kier alpha value is -0.120. The highest BCUT2D eigenvalue weighted by Gasteiger charge is 2.25. The van der Waals surface area contributed by atoms with Gasteiger partial charge in [-0.1, -0.05) is 49.6 Å². The van der Waals surface area contributed by atoms with Crippen molar-refractivity contribution in [3.05, 3.63) is 35.9 Å². The number of hydrogen-bond donors (Lipinski definition) is 1. The first kappa shape index (κ1) is 15.8. The summed E-state index contributed by atoms with van der Waals surface area (Å²) in [5, 5.41) is 4.75. The van der Waals surface area contributed by atoms with Crippen LogP contribution in [0.4, 0.5) is 0 Å². The fourth-order valence-corrected chi connectivity index (χ4v) is 6.22. The molecule has 2 atom stereocenters. The van der Waals surface area contributed by atoms with Crippen molar-refractivity contribution in [3.8, 4) is 0 Å². The number of thioether (sulfide) groups is 2. The van der Waals surface area contributed by atoms with Gasteiger partial charge in [0.15, 0.2) is 0 Å². The average Bonchev–Trinajstić information content (AvgIpc) is 2.58. The Balaban J connectivity index is 1.63. The molecule has 0 spiro atoms. The highest BCUT2D eigenvalue weighted by atomic mass is 32.2. The van der Waals surface area contributed by atoms with Crippen LogP contribution in [0.25, 0.3) is 0 Å². The Labute approximate surface area is 138 Å². The fourth-order valence-electron chi connectivity index (χ4n) is 3.60. The van der Waals surface area contributed by atoms with Gasteiger partial charge in [0, 0.05) is 35.1 Å². The smallest absolute Gasteiger partial charge is 0.0349 e. The van der Waals surface area contributed by atoms with E-state index >= 15 is 0 Å². The second-order valence-corrected chi connectivity index (χ2v) is 8.82. The summed E-state index contributed by atoms with van der Waals surface area (Å²) in [6.07, 6.45) is 7.08. The van der Waals surface area contributed by atoms with Gasteiger partial charge in [-0.05, 0) is 24.3 Å². The van der Waals surface area contributed by atoms with Crippen LogP contribution in [0, 0.1) is 5.92 Å². The molecule has 3 rings (SSSR count). The largest absolute Gasteiger partial charge is 0.309 e. The summed E-state index contributed by atoms with van der Waals surface area (Å²) in [4.78, 5) is 0. The van der Waals surface area contributed by atoms with E-state index in [4.69, 9.17) is 0 Å². The highest BCUT2D eigenvalue weighted by molar-refractivity contribution is 8.06. The molecule has 1 aliphatic heterocycles. The lowest BCUT2D eigenvalue weighted by Gasteiger charge is -2.33. The van der Waals surface area contributed by atoms with Crippen LogP contribution in [0.5, 0.6) is 0 Å².